The van der Waals surface area contributed by atoms with E-state index in [0.717, 1.165) is 48.4 Å². The van der Waals surface area contributed by atoms with Crippen molar-refractivity contribution in [2.45, 2.75) is 32.4 Å². The third-order valence-electron chi connectivity index (χ3n) is 6.91. The first-order chi connectivity index (χ1) is 17.9. The highest BCUT2D eigenvalue weighted by Gasteiger charge is 2.28. The summed E-state index contributed by atoms with van der Waals surface area (Å²) in [5, 5.41) is 15.9. The van der Waals surface area contributed by atoms with E-state index in [-0.39, 0.29) is 17.8 Å². The van der Waals surface area contributed by atoms with Crippen molar-refractivity contribution in [2.75, 3.05) is 25.5 Å². The van der Waals surface area contributed by atoms with Gasteiger partial charge in [0.2, 0.25) is 0 Å². The number of fused-ring (bicyclic) bond motifs is 2. The number of nitrogens with one attached hydrogen (secondary N) is 2. The predicted molar refractivity (Wildman–Crippen MR) is 140 cm³/mol. The highest BCUT2D eigenvalue weighted by molar-refractivity contribution is 6.05. The quantitative estimate of drug-likeness (QED) is 0.335. The second-order valence-electron chi connectivity index (χ2n) is 9.09. The molecule has 2 aliphatic rings. The number of likely N-dealkylation sites (tertiary alicyclic amines) is 1. The van der Waals surface area contributed by atoms with Gasteiger partial charge in [0, 0.05) is 37.1 Å². The van der Waals surface area contributed by atoms with E-state index in [1.54, 1.807) is 16.8 Å². The molecular formula is C27H29FN6O3. The zero-order chi connectivity index (χ0) is 26.1. The second kappa shape index (κ2) is 10.1. The normalized spacial score (nSPS) is 16.6. The van der Waals surface area contributed by atoms with E-state index >= 15 is 0 Å². The molecule has 1 fully saturated rings. The van der Waals surface area contributed by atoms with Crippen molar-refractivity contribution in [3.8, 4) is 17.0 Å². The number of pyridine rings is 1. The Kier molecular flexibility index (Phi) is 6.66. The summed E-state index contributed by atoms with van der Waals surface area (Å²) in [5.74, 6) is -0.124. The Morgan fingerprint density at radius 3 is 2.84 bits per heavy atom. The summed E-state index contributed by atoms with van der Waals surface area (Å²) < 4.78 is 21.1. The summed E-state index contributed by atoms with van der Waals surface area (Å²) in [6, 6.07) is 5.05. The number of carbonyl (C=O) groups is 1. The van der Waals surface area contributed by atoms with E-state index in [0.29, 0.717) is 29.3 Å². The number of aliphatic imine (C=N–C) groups is 1. The number of ether oxygens (including phenoxy) is 1. The molecule has 0 bridgehead atoms. The Balaban J connectivity index is 1.47. The van der Waals surface area contributed by atoms with Crippen molar-refractivity contribution >= 4 is 24.0 Å². The first-order valence-electron chi connectivity index (χ1n) is 12.1. The number of aromatic nitrogens is 2. The van der Waals surface area contributed by atoms with Crippen LogP contribution in [0.15, 0.2) is 59.3 Å². The standard InChI is InChI=1S/C27H29FN6O3/c1-16(33-11-8-17(35)9-12-33)4-7-23(29-2)32-21-6-5-18(19-14-31-27(36)24(19)21)22-15-30-26-25(37-3)20(28)10-13-34(22)26/h4-7,10,13,15,17,32,35H,2,8-9,11-12,14H2,1,3H3,(H,31,36)/b16-4+,23-7+. The number of amides is 1. The molecule has 192 valence electrons. The van der Waals surface area contributed by atoms with Gasteiger partial charge in [0.1, 0.15) is 5.82 Å². The maximum Gasteiger partial charge on any atom is 0.254 e. The Hall–Kier alpha value is -4.18. The van der Waals surface area contributed by atoms with Gasteiger partial charge in [-0.1, -0.05) is 6.07 Å². The van der Waals surface area contributed by atoms with E-state index in [2.05, 4.69) is 32.2 Å². The van der Waals surface area contributed by atoms with Gasteiger partial charge in [-0.3, -0.25) is 9.20 Å². The number of hydrogen-bond donors (Lipinski definition) is 3. The first kappa shape index (κ1) is 24.5. The van der Waals surface area contributed by atoms with E-state index in [1.165, 1.54) is 13.2 Å². The number of imidazole rings is 1. The molecule has 0 aliphatic carbocycles. The number of hydrogen-bond acceptors (Lipinski definition) is 7. The number of benzene rings is 1. The molecular weight excluding hydrogens is 475 g/mol. The molecule has 37 heavy (non-hydrogen) atoms. The fourth-order valence-electron chi connectivity index (χ4n) is 4.88. The van der Waals surface area contributed by atoms with Gasteiger partial charge < -0.3 is 25.4 Å². The molecule has 2 aromatic heterocycles. The van der Waals surface area contributed by atoms with Crippen molar-refractivity contribution in [3.63, 3.8) is 0 Å². The van der Waals surface area contributed by atoms with Crippen LogP contribution in [-0.2, 0) is 6.54 Å². The maximum atomic E-state index is 14.2. The lowest BCUT2D eigenvalue weighted by atomic mass is 9.99. The number of halogens is 1. The van der Waals surface area contributed by atoms with Crippen LogP contribution >= 0.6 is 0 Å². The van der Waals surface area contributed by atoms with Gasteiger partial charge in [0.05, 0.1) is 36.4 Å². The minimum Gasteiger partial charge on any atom is -0.490 e. The average Bonchev–Trinajstić information content (AvgIpc) is 3.51. The third-order valence-corrected chi connectivity index (χ3v) is 6.91. The molecule has 0 spiro atoms. The summed E-state index contributed by atoms with van der Waals surface area (Å²) in [6.07, 6.45) is 8.29. The molecule has 1 amide bonds. The lowest BCUT2D eigenvalue weighted by Crippen LogP contribution is -2.34. The number of nitrogens with zero attached hydrogens (tertiary/aromatic N) is 4. The van der Waals surface area contributed by atoms with Crippen molar-refractivity contribution in [1.29, 1.82) is 0 Å². The van der Waals surface area contributed by atoms with Gasteiger partial charge >= 0.3 is 0 Å². The molecule has 2 aliphatic heterocycles. The Labute approximate surface area is 214 Å². The molecule has 3 aromatic rings. The molecule has 0 radical (unpaired) electrons. The van der Waals surface area contributed by atoms with Gasteiger partial charge in [0.15, 0.2) is 17.2 Å². The van der Waals surface area contributed by atoms with Crippen LogP contribution in [0.1, 0.15) is 35.7 Å². The molecule has 0 saturated carbocycles. The van der Waals surface area contributed by atoms with Crippen molar-refractivity contribution in [1.82, 2.24) is 19.6 Å². The Morgan fingerprint density at radius 1 is 1.32 bits per heavy atom. The summed E-state index contributed by atoms with van der Waals surface area (Å²) in [5.41, 5.74) is 4.88. The highest BCUT2D eigenvalue weighted by atomic mass is 19.1. The molecule has 9 nitrogen and oxygen atoms in total. The first-order valence-corrected chi connectivity index (χ1v) is 12.1. The van der Waals surface area contributed by atoms with Crippen LogP contribution in [0, 0.1) is 5.82 Å². The maximum absolute atomic E-state index is 14.2. The van der Waals surface area contributed by atoms with E-state index in [4.69, 9.17) is 4.74 Å². The van der Waals surface area contributed by atoms with Crippen molar-refractivity contribution in [2.24, 2.45) is 4.99 Å². The number of allylic oxidation sites excluding steroid dienone is 3. The molecule has 1 saturated heterocycles. The lowest BCUT2D eigenvalue weighted by Gasteiger charge is -2.31. The number of rotatable bonds is 7. The third kappa shape index (κ3) is 4.55. The number of aliphatic hydroxyl groups is 1. The smallest absolute Gasteiger partial charge is 0.254 e. The monoisotopic (exact) mass is 504 g/mol. The summed E-state index contributed by atoms with van der Waals surface area (Å²) in [6.45, 7) is 7.65. The van der Waals surface area contributed by atoms with Gasteiger partial charge in [-0.05, 0) is 56.3 Å². The lowest BCUT2D eigenvalue weighted by molar-refractivity contribution is 0.0963. The molecule has 10 heteroatoms. The number of carbonyl (C=O) groups excluding carboxylic acids is 1. The van der Waals surface area contributed by atoms with Gasteiger partial charge in [-0.15, -0.1) is 0 Å². The number of methoxy groups -OCH3 is 1. The molecule has 0 unspecified atom stereocenters. The Bertz CT molecular complexity index is 1440. The predicted octanol–water partition coefficient (Wildman–Crippen LogP) is 3.71. The molecule has 1 aromatic carbocycles. The summed E-state index contributed by atoms with van der Waals surface area (Å²) in [7, 11) is 1.40. The van der Waals surface area contributed by atoms with E-state index in [1.807, 2.05) is 31.2 Å². The van der Waals surface area contributed by atoms with Gasteiger partial charge in [0.25, 0.3) is 5.91 Å². The van der Waals surface area contributed by atoms with E-state index < -0.39 is 5.82 Å². The fourth-order valence-corrected chi connectivity index (χ4v) is 4.88. The van der Waals surface area contributed by atoms with Gasteiger partial charge in [-0.25, -0.2) is 14.4 Å². The van der Waals surface area contributed by atoms with Crippen LogP contribution in [0.2, 0.25) is 0 Å². The summed E-state index contributed by atoms with van der Waals surface area (Å²) >= 11 is 0. The Morgan fingerprint density at radius 2 is 2.11 bits per heavy atom. The highest BCUT2D eigenvalue weighted by Crippen LogP contribution is 2.36. The fraction of sp³-hybridized carbons (Fsp3) is 0.296. The number of anilines is 1. The minimum absolute atomic E-state index is 0.0637. The number of piperidine rings is 1. The topological polar surface area (TPSA) is 103 Å². The van der Waals surface area contributed by atoms with Crippen LogP contribution < -0.4 is 15.4 Å². The van der Waals surface area contributed by atoms with Crippen LogP contribution in [0.3, 0.4) is 0 Å². The zero-order valence-electron chi connectivity index (χ0n) is 20.8. The minimum atomic E-state index is -0.493. The summed E-state index contributed by atoms with van der Waals surface area (Å²) in [4.78, 5) is 23.5. The molecule has 0 atom stereocenters. The second-order valence-corrected chi connectivity index (χ2v) is 9.09. The molecule has 3 N–H and O–H groups in total. The molecule has 4 heterocycles. The van der Waals surface area contributed by atoms with Crippen molar-refractivity contribution < 1.29 is 19.0 Å². The van der Waals surface area contributed by atoms with Crippen LogP contribution in [0.25, 0.3) is 16.9 Å². The van der Waals surface area contributed by atoms with Crippen molar-refractivity contribution in [3.05, 3.63) is 71.2 Å². The van der Waals surface area contributed by atoms with Crippen LogP contribution in [0.5, 0.6) is 5.75 Å². The van der Waals surface area contributed by atoms with Gasteiger partial charge in [-0.2, -0.15) is 0 Å². The van der Waals surface area contributed by atoms with Crippen LogP contribution in [0.4, 0.5) is 10.1 Å². The van der Waals surface area contributed by atoms with Crippen LogP contribution in [-0.4, -0.2) is 58.3 Å². The number of aliphatic hydroxyl groups excluding tert-OH is 1. The SMILES string of the molecule is C=N/C(=C\C=C(/C)N1CCC(O)CC1)Nc1ccc(-c2cnc3c(OC)c(F)ccn23)c2c1C(=O)NC2. The zero-order valence-corrected chi connectivity index (χ0v) is 20.8. The average molecular weight is 505 g/mol. The molecule has 5 rings (SSSR count). The van der Waals surface area contributed by atoms with E-state index in [9.17, 15) is 14.3 Å². The largest absolute Gasteiger partial charge is 0.490 e.